The van der Waals surface area contributed by atoms with Crippen LogP contribution in [0.2, 0.25) is 0 Å². The average Bonchev–Trinajstić information content (AvgIpc) is 3.32. The average molecular weight is 307 g/mol. The van der Waals surface area contributed by atoms with Crippen LogP contribution in [-0.4, -0.2) is 35.7 Å². The van der Waals surface area contributed by atoms with Gasteiger partial charge in [-0.15, -0.1) is 0 Å². The summed E-state index contributed by atoms with van der Waals surface area (Å²) in [6.45, 7) is 0.401. The minimum atomic E-state index is -0.755. The summed E-state index contributed by atoms with van der Waals surface area (Å²) in [6, 6.07) is 2.31. The van der Waals surface area contributed by atoms with Crippen molar-refractivity contribution in [1.29, 1.82) is 0 Å². The first-order valence-electron chi connectivity index (χ1n) is 7.32. The SMILES string of the molecule is O=C(O)[C@@H]1[C@@H]2CO[C@H](C(=O)N[C@@H]3C[C@H]3c3ccsc3)C[C@@H]21. The minimum Gasteiger partial charge on any atom is -0.481 e. The number of carboxylic acids is 1. The Bertz CT molecular complexity index is 572. The largest absolute Gasteiger partial charge is 0.481 e. The lowest BCUT2D eigenvalue weighted by atomic mass is 10.1. The molecule has 0 spiro atoms. The zero-order valence-electron chi connectivity index (χ0n) is 11.4. The molecule has 112 valence electrons. The van der Waals surface area contributed by atoms with E-state index in [1.54, 1.807) is 11.3 Å². The Labute approximate surface area is 126 Å². The number of hydrogen-bond donors (Lipinski definition) is 2. The van der Waals surface area contributed by atoms with Gasteiger partial charge in [0.1, 0.15) is 6.10 Å². The van der Waals surface area contributed by atoms with Gasteiger partial charge in [0, 0.05) is 12.0 Å². The van der Waals surface area contributed by atoms with Gasteiger partial charge in [0.05, 0.1) is 12.5 Å². The molecule has 4 rings (SSSR count). The number of carboxylic acid groups (broad SMARTS) is 1. The van der Waals surface area contributed by atoms with Gasteiger partial charge in [-0.2, -0.15) is 11.3 Å². The highest BCUT2D eigenvalue weighted by Gasteiger charge is 2.59. The van der Waals surface area contributed by atoms with Gasteiger partial charge < -0.3 is 15.2 Å². The number of carbonyl (C=O) groups is 2. The van der Waals surface area contributed by atoms with Crippen LogP contribution in [0.15, 0.2) is 16.8 Å². The van der Waals surface area contributed by atoms with E-state index in [2.05, 4.69) is 22.1 Å². The van der Waals surface area contributed by atoms with Crippen molar-refractivity contribution in [3.8, 4) is 0 Å². The van der Waals surface area contributed by atoms with Crippen molar-refractivity contribution in [3.63, 3.8) is 0 Å². The molecule has 6 heteroatoms. The number of thiophene rings is 1. The molecule has 1 saturated heterocycles. The second-order valence-corrected chi connectivity index (χ2v) is 7.04. The fourth-order valence-electron chi connectivity index (χ4n) is 3.57. The molecule has 1 aromatic rings. The van der Waals surface area contributed by atoms with E-state index in [4.69, 9.17) is 9.84 Å². The molecule has 21 heavy (non-hydrogen) atoms. The highest BCUT2D eigenvalue weighted by atomic mass is 32.1. The Morgan fingerprint density at radius 2 is 2.19 bits per heavy atom. The second kappa shape index (κ2) is 4.81. The molecule has 2 aliphatic carbocycles. The Hall–Kier alpha value is -1.40. The van der Waals surface area contributed by atoms with E-state index in [0.29, 0.717) is 18.9 Å². The van der Waals surface area contributed by atoms with Gasteiger partial charge in [-0.3, -0.25) is 9.59 Å². The first-order chi connectivity index (χ1) is 10.1. The van der Waals surface area contributed by atoms with E-state index < -0.39 is 12.1 Å². The monoisotopic (exact) mass is 307 g/mol. The number of ether oxygens (including phenoxy) is 1. The van der Waals surface area contributed by atoms with Gasteiger partial charge in [0.15, 0.2) is 0 Å². The van der Waals surface area contributed by atoms with Gasteiger partial charge in [-0.05, 0) is 47.1 Å². The zero-order chi connectivity index (χ0) is 14.6. The first-order valence-corrected chi connectivity index (χ1v) is 8.26. The molecule has 3 aliphatic rings. The smallest absolute Gasteiger partial charge is 0.307 e. The number of aliphatic carboxylic acids is 1. The van der Waals surface area contributed by atoms with Crippen molar-refractivity contribution in [2.24, 2.45) is 17.8 Å². The highest BCUT2D eigenvalue weighted by Crippen LogP contribution is 2.52. The molecule has 2 saturated carbocycles. The zero-order valence-corrected chi connectivity index (χ0v) is 12.2. The highest BCUT2D eigenvalue weighted by molar-refractivity contribution is 7.08. The van der Waals surface area contributed by atoms with Crippen molar-refractivity contribution in [3.05, 3.63) is 22.4 Å². The Morgan fingerprint density at radius 1 is 1.33 bits per heavy atom. The fourth-order valence-corrected chi connectivity index (χ4v) is 4.29. The minimum absolute atomic E-state index is 0.0766. The molecule has 2 N–H and O–H groups in total. The number of rotatable bonds is 4. The maximum absolute atomic E-state index is 12.2. The number of carbonyl (C=O) groups excluding carboxylic acids is 1. The molecule has 0 aromatic carbocycles. The lowest BCUT2D eigenvalue weighted by molar-refractivity contribution is -0.139. The summed E-state index contributed by atoms with van der Waals surface area (Å²) in [6.07, 6.45) is 1.06. The normalized spacial score (nSPS) is 40.2. The van der Waals surface area contributed by atoms with Crippen LogP contribution in [0, 0.1) is 17.8 Å². The summed E-state index contributed by atoms with van der Waals surface area (Å²) in [4.78, 5) is 23.2. The van der Waals surface area contributed by atoms with E-state index in [1.165, 1.54) is 5.56 Å². The first kappa shape index (κ1) is 13.3. The lowest BCUT2D eigenvalue weighted by Gasteiger charge is -2.21. The predicted molar refractivity (Wildman–Crippen MR) is 76.1 cm³/mol. The second-order valence-electron chi connectivity index (χ2n) is 6.26. The molecule has 1 aliphatic heterocycles. The molecule has 6 atom stereocenters. The summed E-state index contributed by atoms with van der Waals surface area (Å²) >= 11 is 1.67. The van der Waals surface area contributed by atoms with Gasteiger partial charge in [-0.25, -0.2) is 0 Å². The van der Waals surface area contributed by atoms with E-state index in [-0.39, 0.29) is 29.7 Å². The van der Waals surface area contributed by atoms with Crippen LogP contribution < -0.4 is 5.32 Å². The third kappa shape index (κ3) is 2.36. The Balaban J connectivity index is 1.30. The molecule has 0 bridgehead atoms. The van der Waals surface area contributed by atoms with Gasteiger partial charge >= 0.3 is 5.97 Å². The topological polar surface area (TPSA) is 75.6 Å². The third-order valence-electron chi connectivity index (χ3n) is 4.97. The molecule has 0 radical (unpaired) electrons. The lowest BCUT2D eigenvalue weighted by Crippen LogP contribution is -2.40. The molecule has 3 fully saturated rings. The standard InChI is InChI=1S/C15H17NO4S/c17-14(16-11-3-8(11)7-1-2-21-6-7)12-4-9-10(5-20-12)13(9)15(18)19/h1-2,6,8-13H,3-5H2,(H,16,17)(H,18,19)/t8-,9-,10+,11+,12-,13-/m0/s1. The maximum Gasteiger partial charge on any atom is 0.307 e. The van der Waals surface area contributed by atoms with E-state index >= 15 is 0 Å². The number of hydrogen-bond acceptors (Lipinski definition) is 4. The summed E-state index contributed by atoms with van der Waals surface area (Å²) in [5.41, 5.74) is 1.29. The molecular formula is C15H17NO4S. The molecular weight excluding hydrogens is 290 g/mol. The van der Waals surface area contributed by atoms with Crippen molar-refractivity contribution in [2.45, 2.75) is 30.9 Å². The van der Waals surface area contributed by atoms with Crippen LogP contribution in [0.1, 0.15) is 24.3 Å². The Kier molecular flexibility index (Phi) is 3.04. The third-order valence-corrected chi connectivity index (χ3v) is 5.68. The molecule has 5 nitrogen and oxygen atoms in total. The van der Waals surface area contributed by atoms with E-state index in [9.17, 15) is 9.59 Å². The van der Waals surface area contributed by atoms with Crippen LogP contribution in [0.5, 0.6) is 0 Å². The van der Waals surface area contributed by atoms with E-state index in [1.807, 2.05) is 0 Å². The fraction of sp³-hybridized carbons (Fsp3) is 0.600. The predicted octanol–water partition coefficient (Wildman–Crippen LogP) is 1.46. The quantitative estimate of drug-likeness (QED) is 0.883. The number of amides is 1. The summed E-state index contributed by atoms with van der Waals surface area (Å²) in [5, 5.41) is 16.3. The summed E-state index contributed by atoms with van der Waals surface area (Å²) in [7, 11) is 0. The van der Waals surface area contributed by atoms with Crippen LogP contribution in [0.4, 0.5) is 0 Å². The van der Waals surface area contributed by atoms with E-state index in [0.717, 1.165) is 6.42 Å². The van der Waals surface area contributed by atoms with Crippen LogP contribution >= 0.6 is 11.3 Å². The van der Waals surface area contributed by atoms with Gasteiger partial charge in [0.2, 0.25) is 5.91 Å². The van der Waals surface area contributed by atoms with Crippen molar-refractivity contribution in [2.75, 3.05) is 6.61 Å². The molecule has 0 unspecified atom stereocenters. The van der Waals surface area contributed by atoms with Gasteiger partial charge in [-0.1, -0.05) is 0 Å². The number of fused-ring (bicyclic) bond motifs is 1. The Morgan fingerprint density at radius 3 is 2.90 bits per heavy atom. The molecule has 2 heterocycles. The van der Waals surface area contributed by atoms with Crippen LogP contribution in [0.3, 0.4) is 0 Å². The summed E-state index contributed by atoms with van der Waals surface area (Å²) < 4.78 is 5.56. The summed E-state index contributed by atoms with van der Waals surface area (Å²) in [5.74, 6) is -0.460. The maximum atomic E-state index is 12.2. The van der Waals surface area contributed by atoms with Crippen LogP contribution in [-0.2, 0) is 14.3 Å². The van der Waals surface area contributed by atoms with Crippen molar-refractivity contribution >= 4 is 23.2 Å². The molecule has 1 amide bonds. The molecule has 1 aromatic heterocycles. The van der Waals surface area contributed by atoms with Gasteiger partial charge in [0.25, 0.3) is 0 Å². The van der Waals surface area contributed by atoms with Crippen molar-refractivity contribution < 1.29 is 19.4 Å². The van der Waals surface area contributed by atoms with Crippen LogP contribution in [0.25, 0.3) is 0 Å². The van der Waals surface area contributed by atoms with Crippen molar-refractivity contribution in [1.82, 2.24) is 5.32 Å². The number of nitrogens with one attached hydrogen (secondary N) is 1.